The molecular formula is C25H29N3O3. The number of ether oxygens (including phenoxy) is 1. The molecule has 0 aromatic heterocycles. The molecule has 0 bridgehead atoms. The minimum Gasteiger partial charge on any atom is -0.484 e. The van der Waals surface area contributed by atoms with E-state index in [-0.39, 0.29) is 42.8 Å². The molecule has 6 nitrogen and oxygen atoms in total. The van der Waals surface area contributed by atoms with Gasteiger partial charge in [-0.3, -0.25) is 19.4 Å². The number of hydrogen-bond acceptors (Lipinski definition) is 5. The molecular weight excluding hydrogens is 390 g/mol. The van der Waals surface area contributed by atoms with E-state index >= 15 is 0 Å². The second kappa shape index (κ2) is 8.44. The second-order valence-electron chi connectivity index (χ2n) is 8.86. The van der Waals surface area contributed by atoms with Crippen molar-refractivity contribution in [3.63, 3.8) is 0 Å². The Kier molecular flexibility index (Phi) is 5.50. The van der Waals surface area contributed by atoms with Gasteiger partial charge in [-0.1, -0.05) is 24.3 Å². The number of aryl methyl sites for hydroxylation is 1. The lowest BCUT2D eigenvalue weighted by Gasteiger charge is -2.43. The van der Waals surface area contributed by atoms with E-state index in [1.807, 2.05) is 12.1 Å². The number of carbonyl (C=O) groups is 2. The molecule has 2 saturated heterocycles. The van der Waals surface area contributed by atoms with Crippen molar-refractivity contribution in [3.8, 4) is 5.75 Å². The summed E-state index contributed by atoms with van der Waals surface area (Å²) in [5, 5.41) is 0. The number of likely N-dealkylation sites (tertiary alicyclic amines) is 1. The lowest BCUT2D eigenvalue weighted by molar-refractivity contribution is -0.121. The van der Waals surface area contributed by atoms with Gasteiger partial charge in [0.1, 0.15) is 11.9 Å². The van der Waals surface area contributed by atoms with Crippen LogP contribution in [0.25, 0.3) is 0 Å². The fourth-order valence-corrected chi connectivity index (χ4v) is 5.24. The molecule has 0 spiro atoms. The van der Waals surface area contributed by atoms with Crippen LogP contribution in [0.2, 0.25) is 0 Å². The molecule has 0 saturated carbocycles. The Morgan fingerprint density at radius 1 is 0.903 bits per heavy atom. The van der Waals surface area contributed by atoms with Crippen LogP contribution >= 0.6 is 0 Å². The highest BCUT2D eigenvalue weighted by Crippen LogP contribution is 2.38. The van der Waals surface area contributed by atoms with Crippen molar-refractivity contribution in [2.24, 2.45) is 5.73 Å². The van der Waals surface area contributed by atoms with Crippen LogP contribution in [-0.4, -0.2) is 41.9 Å². The maximum atomic E-state index is 12.0. The molecule has 2 N–H and O–H groups in total. The normalized spacial score (nSPS) is 26.7. The smallest absolute Gasteiger partial charge is 0.234 e. The minimum atomic E-state index is -0.138. The van der Waals surface area contributed by atoms with Crippen LogP contribution in [0.4, 0.5) is 5.69 Å². The highest BCUT2D eigenvalue weighted by molar-refractivity contribution is 6.19. The molecule has 0 radical (unpaired) electrons. The first kappa shape index (κ1) is 20.2. The fourth-order valence-electron chi connectivity index (χ4n) is 5.24. The molecule has 2 aromatic rings. The van der Waals surface area contributed by atoms with Gasteiger partial charge in [-0.2, -0.15) is 0 Å². The summed E-state index contributed by atoms with van der Waals surface area (Å²) in [6, 6.07) is 16.4. The van der Waals surface area contributed by atoms with Gasteiger partial charge in [-0.25, -0.2) is 0 Å². The maximum Gasteiger partial charge on any atom is 0.234 e. The van der Waals surface area contributed by atoms with Crippen LogP contribution in [0.1, 0.15) is 49.3 Å². The summed E-state index contributed by atoms with van der Waals surface area (Å²) in [5.41, 5.74) is 9.48. The van der Waals surface area contributed by atoms with Crippen molar-refractivity contribution in [1.82, 2.24) is 4.90 Å². The summed E-state index contributed by atoms with van der Waals surface area (Å²) in [4.78, 5) is 27.8. The first-order valence-corrected chi connectivity index (χ1v) is 11.3. The highest BCUT2D eigenvalue weighted by atomic mass is 16.5. The molecule has 3 atom stereocenters. The number of fused-ring (bicyclic) bond motifs is 1. The number of nitrogens with zero attached hydrogens (tertiary/aromatic N) is 2. The number of nitrogens with two attached hydrogens (primary N) is 1. The van der Waals surface area contributed by atoms with Crippen LogP contribution in [-0.2, 0) is 16.0 Å². The van der Waals surface area contributed by atoms with Gasteiger partial charge in [-0.15, -0.1) is 0 Å². The lowest BCUT2D eigenvalue weighted by Crippen LogP contribution is -2.51. The Hall–Kier alpha value is -2.70. The number of rotatable bonds is 4. The Morgan fingerprint density at radius 3 is 2.39 bits per heavy atom. The van der Waals surface area contributed by atoms with E-state index in [2.05, 4.69) is 29.2 Å². The minimum absolute atomic E-state index is 0.0730. The summed E-state index contributed by atoms with van der Waals surface area (Å²) in [7, 11) is 0. The molecule has 6 heteroatoms. The third-order valence-electron chi connectivity index (χ3n) is 6.79. The lowest BCUT2D eigenvalue weighted by atomic mass is 9.84. The van der Waals surface area contributed by atoms with Gasteiger partial charge in [0.25, 0.3) is 0 Å². The van der Waals surface area contributed by atoms with Gasteiger partial charge in [-0.05, 0) is 67.6 Å². The van der Waals surface area contributed by atoms with Crippen molar-refractivity contribution in [1.29, 1.82) is 0 Å². The molecule has 3 aliphatic rings. The number of carbonyl (C=O) groups excluding carboxylic acids is 2. The largest absolute Gasteiger partial charge is 0.484 e. The molecule has 2 amide bonds. The predicted octanol–water partition coefficient (Wildman–Crippen LogP) is 3.20. The van der Waals surface area contributed by atoms with Gasteiger partial charge in [0.05, 0.1) is 11.7 Å². The zero-order chi connectivity index (χ0) is 21.4. The maximum absolute atomic E-state index is 12.0. The van der Waals surface area contributed by atoms with Crippen LogP contribution < -0.4 is 15.4 Å². The first-order chi connectivity index (χ1) is 15.1. The van der Waals surface area contributed by atoms with E-state index in [1.165, 1.54) is 16.0 Å². The first-order valence-electron chi connectivity index (χ1n) is 11.3. The summed E-state index contributed by atoms with van der Waals surface area (Å²) >= 11 is 0. The van der Waals surface area contributed by atoms with Gasteiger partial charge >= 0.3 is 0 Å². The van der Waals surface area contributed by atoms with E-state index in [9.17, 15) is 9.59 Å². The topological polar surface area (TPSA) is 75.9 Å². The Labute approximate surface area is 183 Å². The van der Waals surface area contributed by atoms with Crippen LogP contribution in [0, 0.1) is 0 Å². The molecule has 2 aliphatic heterocycles. The predicted molar refractivity (Wildman–Crippen MR) is 119 cm³/mol. The number of imide groups is 1. The quantitative estimate of drug-likeness (QED) is 0.771. The summed E-state index contributed by atoms with van der Waals surface area (Å²) in [6.07, 6.45) is 4.80. The van der Waals surface area contributed by atoms with E-state index in [0.717, 1.165) is 44.5 Å². The summed E-state index contributed by atoms with van der Waals surface area (Å²) < 4.78 is 6.58. The van der Waals surface area contributed by atoms with Crippen molar-refractivity contribution in [3.05, 3.63) is 59.7 Å². The van der Waals surface area contributed by atoms with Crippen molar-refractivity contribution < 1.29 is 14.3 Å². The van der Waals surface area contributed by atoms with E-state index in [4.69, 9.17) is 10.5 Å². The second-order valence-corrected chi connectivity index (χ2v) is 8.86. The number of hydrogen-bond donors (Lipinski definition) is 1. The van der Waals surface area contributed by atoms with Crippen LogP contribution in [0.3, 0.4) is 0 Å². The monoisotopic (exact) mass is 419 g/mol. The average molecular weight is 420 g/mol. The molecule has 5 rings (SSSR count). The Balaban J connectivity index is 1.40. The van der Waals surface area contributed by atoms with Gasteiger partial charge in [0, 0.05) is 25.4 Å². The standard InChI is InChI=1S/C25H29N3O3/c26-18-5-3-15-27(16-18)22-12-7-17-4-1-2-6-21(17)25(22)31-20-10-8-19(9-11-20)28-23(29)13-14-24(28)30/h1-2,4,6,8-11,18,22,25H,3,5,7,12-16,26H2/t18-,22-,25-/m0/s1. The molecule has 31 heavy (non-hydrogen) atoms. The molecule has 2 aromatic carbocycles. The van der Waals surface area contributed by atoms with E-state index in [0.29, 0.717) is 5.69 Å². The number of benzene rings is 2. The third kappa shape index (κ3) is 3.98. The zero-order valence-electron chi connectivity index (χ0n) is 17.7. The van der Waals surface area contributed by atoms with Crippen molar-refractivity contribution in [2.45, 2.75) is 56.7 Å². The van der Waals surface area contributed by atoms with Crippen LogP contribution in [0.5, 0.6) is 5.75 Å². The van der Waals surface area contributed by atoms with Gasteiger partial charge in [0.2, 0.25) is 11.8 Å². The number of amides is 2. The molecule has 162 valence electrons. The Morgan fingerprint density at radius 2 is 1.65 bits per heavy atom. The summed E-state index contributed by atoms with van der Waals surface area (Å²) in [6.45, 7) is 1.96. The SMILES string of the molecule is N[C@H]1CCCN([C@H]2CCc3ccccc3[C@@H]2Oc2ccc(N3C(=O)CCC3=O)cc2)C1. The van der Waals surface area contributed by atoms with E-state index in [1.54, 1.807) is 12.1 Å². The average Bonchev–Trinajstić information content (AvgIpc) is 3.12. The third-order valence-corrected chi connectivity index (χ3v) is 6.79. The number of anilines is 1. The fraction of sp³-hybridized carbons (Fsp3) is 0.440. The van der Waals surface area contributed by atoms with Crippen molar-refractivity contribution >= 4 is 17.5 Å². The molecule has 2 heterocycles. The van der Waals surface area contributed by atoms with E-state index < -0.39 is 0 Å². The number of piperidine rings is 1. The Bertz CT molecular complexity index is 958. The summed E-state index contributed by atoms with van der Waals surface area (Å²) in [5.74, 6) is 0.471. The van der Waals surface area contributed by atoms with Gasteiger partial charge < -0.3 is 10.5 Å². The van der Waals surface area contributed by atoms with Crippen LogP contribution in [0.15, 0.2) is 48.5 Å². The molecule has 2 fully saturated rings. The van der Waals surface area contributed by atoms with Crippen molar-refractivity contribution in [2.75, 3.05) is 18.0 Å². The highest BCUT2D eigenvalue weighted by Gasteiger charge is 2.37. The zero-order valence-corrected chi connectivity index (χ0v) is 17.7. The van der Waals surface area contributed by atoms with Gasteiger partial charge in [0.15, 0.2) is 0 Å². The molecule has 1 aliphatic carbocycles. The molecule has 0 unspecified atom stereocenters.